The Labute approximate surface area is 170 Å². The molecule has 2 aliphatic heterocycles. The minimum atomic E-state index is -4.08. The molecule has 1 amide bonds. The van der Waals surface area contributed by atoms with Crippen LogP contribution in [0, 0.1) is 0 Å². The third-order valence-corrected chi connectivity index (χ3v) is 5.60. The number of fused-ring (bicyclic) bond motifs is 1. The number of nitrogens with zero attached hydrogens (tertiary/aromatic N) is 2. The van der Waals surface area contributed by atoms with Crippen molar-refractivity contribution in [2.75, 3.05) is 37.7 Å². The first-order valence-corrected chi connectivity index (χ1v) is 10.9. The highest BCUT2D eigenvalue weighted by Crippen LogP contribution is 2.26. The van der Waals surface area contributed by atoms with Gasteiger partial charge >= 0.3 is 10.3 Å². The highest BCUT2D eigenvalue weighted by molar-refractivity contribution is 7.84. The average Bonchev–Trinajstić information content (AvgIpc) is 2.72. The zero-order valence-electron chi connectivity index (χ0n) is 15.9. The summed E-state index contributed by atoms with van der Waals surface area (Å²) in [5.41, 5.74) is 3.63. The third kappa shape index (κ3) is 4.69. The van der Waals surface area contributed by atoms with Crippen LogP contribution in [-0.4, -0.2) is 52.1 Å². The van der Waals surface area contributed by atoms with Crippen LogP contribution in [-0.2, 0) is 28.0 Å². The number of anilines is 1. The van der Waals surface area contributed by atoms with Crippen LogP contribution in [0.15, 0.2) is 42.5 Å². The number of benzene rings is 2. The molecule has 154 valence electrons. The van der Waals surface area contributed by atoms with E-state index in [0.29, 0.717) is 38.3 Å². The Morgan fingerprint density at radius 1 is 1.00 bits per heavy atom. The van der Waals surface area contributed by atoms with Gasteiger partial charge < -0.3 is 18.7 Å². The molecule has 0 bridgehead atoms. The Morgan fingerprint density at radius 2 is 1.72 bits per heavy atom. The number of nitrogens with two attached hydrogens (primary N) is 1. The molecule has 0 atom stereocenters. The molecule has 0 spiro atoms. The molecule has 2 aromatic carbocycles. The van der Waals surface area contributed by atoms with Gasteiger partial charge in [-0.25, -0.2) is 0 Å². The van der Waals surface area contributed by atoms with E-state index in [2.05, 4.69) is 4.90 Å². The summed E-state index contributed by atoms with van der Waals surface area (Å²) >= 11 is 0. The summed E-state index contributed by atoms with van der Waals surface area (Å²) in [7, 11) is -4.08. The summed E-state index contributed by atoms with van der Waals surface area (Å²) in [6.07, 6.45) is 0.697. The molecule has 2 heterocycles. The first-order valence-electron chi connectivity index (χ1n) is 9.45. The molecule has 0 aliphatic carbocycles. The van der Waals surface area contributed by atoms with E-state index >= 15 is 0 Å². The molecule has 1 fully saturated rings. The van der Waals surface area contributed by atoms with E-state index in [9.17, 15) is 13.2 Å². The quantitative estimate of drug-likeness (QED) is 0.805. The number of amides is 1. The fraction of sp³-hybridized carbons (Fsp3) is 0.350. The lowest BCUT2D eigenvalue weighted by Crippen LogP contribution is -2.37. The predicted molar refractivity (Wildman–Crippen MR) is 108 cm³/mol. The van der Waals surface area contributed by atoms with Gasteiger partial charge in [0.05, 0.1) is 13.2 Å². The second-order valence-electron chi connectivity index (χ2n) is 7.13. The average molecular weight is 417 g/mol. The zero-order chi connectivity index (χ0) is 20.4. The SMILES string of the molecule is NS(=O)(=O)Oc1ccc2c(c1)CN(C(=O)c1ccc(N3CCOCC3)cc1)CC2. The molecule has 4 rings (SSSR count). The number of carbonyl (C=O) groups excluding carboxylic acids is 1. The number of hydrogen-bond acceptors (Lipinski definition) is 6. The van der Waals surface area contributed by atoms with Gasteiger partial charge in [0.2, 0.25) is 0 Å². The second-order valence-corrected chi connectivity index (χ2v) is 8.28. The summed E-state index contributed by atoms with van der Waals surface area (Å²) in [5.74, 6) is 0.0948. The maximum Gasteiger partial charge on any atom is 0.380 e. The van der Waals surface area contributed by atoms with E-state index in [1.54, 1.807) is 17.0 Å². The van der Waals surface area contributed by atoms with Crippen LogP contribution in [0.3, 0.4) is 0 Å². The van der Waals surface area contributed by atoms with Crippen molar-refractivity contribution in [1.29, 1.82) is 0 Å². The van der Waals surface area contributed by atoms with Gasteiger partial charge in [-0.2, -0.15) is 13.6 Å². The normalized spacial score (nSPS) is 17.0. The van der Waals surface area contributed by atoms with E-state index in [1.165, 1.54) is 0 Å². The molecule has 0 aromatic heterocycles. The lowest BCUT2D eigenvalue weighted by atomic mass is 9.99. The van der Waals surface area contributed by atoms with Crippen molar-refractivity contribution in [2.24, 2.45) is 5.14 Å². The molecule has 0 radical (unpaired) electrons. The van der Waals surface area contributed by atoms with Crippen molar-refractivity contribution in [1.82, 2.24) is 4.90 Å². The Bertz CT molecular complexity index is 1000. The van der Waals surface area contributed by atoms with Crippen molar-refractivity contribution in [3.63, 3.8) is 0 Å². The Morgan fingerprint density at radius 3 is 2.41 bits per heavy atom. The van der Waals surface area contributed by atoms with Crippen molar-refractivity contribution < 1.29 is 22.1 Å². The Kier molecular flexibility index (Phi) is 5.44. The van der Waals surface area contributed by atoms with E-state index < -0.39 is 10.3 Å². The summed E-state index contributed by atoms with van der Waals surface area (Å²) in [5, 5.41) is 4.94. The number of hydrogen-bond donors (Lipinski definition) is 1. The lowest BCUT2D eigenvalue weighted by molar-refractivity contribution is 0.0734. The van der Waals surface area contributed by atoms with E-state index in [1.807, 2.05) is 30.3 Å². The van der Waals surface area contributed by atoms with Crippen LogP contribution >= 0.6 is 0 Å². The van der Waals surface area contributed by atoms with Crippen molar-refractivity contribution in [2.45, 2.75) is 13.0 Å². The molecule has 2 aromatic rings. The molecular weight excluding hydrogens is 394 g/mol. The maximum atomic E-state index is 13.0. The van der Waals surface area contributed by atoms with Crippen LogP contribution in [0.4, 0.5) is 5.69 Å². The fourth-order valence-electron chi connectivity index (χ4n) is 3.71. The number of carbonyl (C=O) groups is 1. The van der Waals surface area contributed by atoms with E-state index in [0.717, 1.165) is 29.9 Å². The van der Waals surface area contributed by atoms with Gasteiger partial charge in [-0.05, 0) is 53.9 Å². The molecule has 0 unspecified atom stereocenters. The van der Waals surface area contributed by atoms with Crippen LogP contribution in [0.1, 0.15) is 21.5 Å². The summed E-state index contributed by atoms with van der Waals surface area (Å²) in [6, 6.07) is 12.6. The van der Waals surface area contributed by atoms with Gasteiger partial charge in [-0.1, -0.05) is 6.07 Å². The first-order chi connectivity index (χ1) is 13.9. The third-order valence-electron chi connectivity index (χ3n) is 5.18. The molecule has 1 saturated heterocycles. The lowest BCUT2D eigenvalue weighted by Gasteiger charge is -2.30. The molecule has 0 saturated carbocycles. The number of rotatable bonds is 4. The van der Waals surface area contributed by atoms with Crippen LogP contribution in [0.2, 0.25) is 0 Å². The summed E-state index contributed by atoms with van der Waals surface area (Å²) in [6.45, 7) is 4.11. The molecule has 8 nitrogen and oxygen atoms in total. The molecule has 2 aliphatic rings. The number of morpholine rings is 1. The van der Waals surface area contributed by atoms with Gasteiger partial charge in [-0.3, -0.25) is 4.79 Å². The standard InChI is InChI=1S/C20H23N3O5S/c21-29(25,26)28-19-6-3-15-7-8-23(14-17(15)13-19)20(24)16-1-4-18(5-2-16)22-9-11-27-12-10-22/h1-6,13H,7-12,14H2,(H2,21,25,26). The predicted octanol–water partition coefficient (Wildman–Crippen LogP) is 1.30. The maximum absolute atomic E-state index is 13.0. The van der Waals surface area contributed by atoms with Gasteiger partial charge in [0.25, 0.3) is 5.91 Å². The zero-order valence-corrected chi connectivity index (χ0v) is 16.7. The Balaban J connectivity index is 1.47. The minimum absolute atomic E-state index is 0.0538. The molecule has 2 N–H and O–H groups in total. The first kappa shape index (κ1) is 19.7. The van der Waals surface area contributed by atoms with Crippen LogP contribution in [0.25, 0.3) is 0 Å². The van der Waals surface area contributed by atoms with Crippen molar-refractivity contribution >= 4 is 21.9 Å². The van der Waals surface area contributed by atoms with E-state index in [-0.39, 0.29) is 11.7 Å². The monoisotopic (exact) mass is 417 g/mol. The summed E-state index contributed by atoms with van der Waals surface area (Å²) in [4.78, 5) is 17.0. The minimum Gasteiger partial charge on any atom is -0.378 e. The molecule has 29 heavy (non-hydrogen) atoms. The van der Waals surface area contributed by atoms with Crippen LogP contribution in [0.5, 0.6) is 5.75 Å². The van der Waals surface area contributed by atoms with Crippen molar-refractivity contribution in [3.8, 4) is 5.75 Å². The Hall–Kier alpha value is -2.62. The molecular formula is C20H23N3O5S. The highest BCUT2D eigenvalue weighted by atomic mass is 32.2. The second kappa shape index (κ2) is 8.02. The summed E-state index contributed by atoms with van der Waals surface area (Å²) < 4.78 is 32.4. The van der Waals surface area contributed by atoms with Gasteiger partial charge in [0, 0.05) is 37.4 Å². The highest BCUT2D eigenvalue weighted by Gasteiger charge is 2.23. The van der Waals surface area contributed by atoms with Gasteiger partial charge in [-0.15, -0.1) is 0 Å². The van der Waals surface area contributed by atoms with E-state index in [4.69, 9.17) is 14.1 Å². The van der Waals surface area contributed by atoms with Gasteiger partial charge in [0.15, 0.2) is 0 Å². The van der Waals surface area contributed by atoms with Crippen LogP contribution < -0.4 is 14.2 Å². The smallest absolute Gasteiger partial charge is 0.378 e. The molecule has 9 heteroatoms. The number of ether oxygens (including phenoxy) is 1. The topological polar surface area (TPSA) is 102 Å². The van der Waals surface area contributed by atoms with Crippen molar-refractivity contribution in [3.05, 3.63) is 59.2 Å². The fourth-order valence-corrected chi connectivity index (χ4v) is 4.08. The van der Waals surface area contributed by atoms with Gasteiger partial charge in [0.1, 0.15) is 5.75 Å². The largest absolute Gasteiger partial charge is 0.380 e.